The van der Waals surface area contributed by atoms with E-state index < -0.39 is 5.82 Å². The van der Waals surface area contributed by atoms with E-state index in [-0.39, 0.29) is 23.8 Å². The van der Waals surface area contributed by atoms with E-state index in [0.717, 1.165) is 43.7 Å². The van der Waals surface area contributed by atoms with E-state index in [4.69, 9.17) is 11.6 Å². The molecule has 158 valence electrons. The van der Waals surface area contributed by atoms with Gasteiger partial charge >= 0.3 is 0 Å². The second kappa shape index (κ2) is 8.95. The van der Waals surface area contributed by atoms with Gasteiger partial charge in [0.05, 0.1) is 11.2 Å². The van der Waals surface area contributed by atoms with Gasteiger partial charge in [-0.15, -0.1) is 0 Å². The monoisotopic (exact) mass is 430 g/mol. The molecular formula is C21H24ClFN6O. The highest BCUT2D eigenvalue weighted by atomic mass is 35.5. The Balaban J connectivity index is 1.59. The largest absolute Gasteiger partial charge is 0.363 e. The molecule has 3 N–H and O–H groups in total. The predicted molar refractivity (Wildman–Crippen MR) is 115 cm³/mol. The second-order valence-electron chi connectivity index (χ2n) is 7.60. The van der Waals surface area contributed by atoms with Gasteiger partial charge in [-0.2, -0.15) is 0 Å². The van der Waals surface area contributed by atoms with Crippen molar-refractivity contribution in [3.63, 3.8) is 0 Å². The Kier molecular flexibility index (Phi) is 6.13. The minimum atomic E-state index is -0.529. The summed E-state index contributed by atoms with van der Waals surface area (Å²) in [6.45, 7) is 1.97. The smallest absolute Gasteiger partial charge is 0.220 e. The topological polar surface area (TPSA) is 95.6 Å². The molecule has 2 unspecified atom stereocenters. The third-order valence-corrected chi connectivity index (χ3v) is 5.60. The van der Waals surface area contributed by atoms with Crippen LogP contribution in [0.1, 0.15) is 45.4 Å². The average Bonchev–Trinajstić information content (AvgIpc) is 3.14. The summed E-state index contributed by atoms with van der Waals surface area (Å²) in [6.07, 6.45) is 9.49. The lowest BCUT2D eigenvalue weighted by atomic mass is 9.90. The number of carbonyl (C=O) groups excluding carboxylic acids is 1. The van der Waals surface area contributed by atoms with E-state index in [0.29, 0.717) is 28.5 Å². The summed E-state index contributed by atoms with van der Waals surface area (Å²) in [5.74, 6) is 0.00440. The van der Waals surface area contributed by atoms with Gasteiger partial charge in [0.25, 0.3) is 0 Å². The number of amides is 1. The zero-order valence-electron chi connectivity index (χ0n) is 16.7. The molecule has 1 aliphatic carbocycles. The number of rotatable bonds is 6. The van der Waals surface area contributed by atoms with Crippen molar-refractivity contribution in [3.8, 4) is 11.4 Å². The van der Waals surface area contributed by atoms with Gasteiger partial charge in [-0.25, -0.2) is 19.3 Å². The van der Waals surface area contributed by atoms with Crippen molar-refractivity contribution in [2.45, 2.75) is 57.5 Å². The number of pyridine rings is 1. The average molecular weight is 431 g/mol. The Morgan fingerprint density at radius 2 is 2.07 bits per heavy atom. The van der Waals surface area contributed by atoms with Crippen LogP contribution in [0.2, 0.25) is 5.02 Å². The summed E-state index contributed by atoms with van der Waals surface area (Å²) in [7, 11) is 0. The van der Waals surface area contributed by atoms with Crippen LogP contribution in [-0.2, 0) is 4.79 Å². The Bertz CT molecular complexity index is 1060. The molecule has 30 heavy (non-hydrogen) atoms. The highest BCUT2D eigenvalue weighted by molar-refractivity contribution is 6.31. The van der Waals surface area contributed by atoms with Gasteiger partial charge in [0.1, 0.15) is 5.65 Å². The number of fused-ring (bicyclic) bond motifs is 1. The number of halogens is 2. The Labute approximate surface area is 178 Å². The Hall–Kier alpha value is -2.74. The number of nitrogens with one attached hydrogen (secondary N) is 3. The summed E-state index contributed by atoms with van der Waals surface area (Å²) in [6, 6.07) is 1.64. The highest BCUT2D eigenvalue weighted by Crippen LogP contribution is 2.29. The maximum atomic E-state index is 14.5. The van der Waals surface area contributed by atoms with Gasteiger partial charge in [-0.1, -0.05) is 31.4 Å². The molecule has 1 saturated carbocycles. The molecule has 0 saturated heterocycles. The maximum Gasteiger partial charge on any atom is 0.220 e. The SMILES string of the molecule is CCCC(=O)NC1CCCCC1Nc1nc(-c2c[nH]c3ncc(Cl)cc23)ncc1F. The number of hydrogen-bond donors (Lipinski definition) is 3. The normalized spacial score (nSPS) is 19.0. The van der Waals surface area contributed by atoms with Gasteiger partial charge in [-0.05, 0) is 25.3 Å². The number of aromatic nitrogens is 4. The first-order chi connectivity index (χ1) is 14.5. The summed E-state index contributed by atoms with van der Waals surface area (Å²) in [5, 5.41) is 7.57. The summed E-state index contributed by atoms with van der Waals surface area (Å²) < 4.78 is 14.5. The highest BCUT2D eigenvalue weighted by Gasteiger charge is 2.27. The van der Waals surface area contributed by atoms with Crippen LogP contribution in [0.4, 0.5) is 10.2 Å². The molecule has 7 nitrogen and oxygen atoms in total. The van der Waals surface area contributed by atoms with E-state index in [9.17, 15) is 9.18 Å². The van der Waals surface area contributed by atoms with E-state index in [2.05, 4.69) is 30.6 Å². The van der Waals surface area contributed by atoms with Crippen LogP contribution in [0.25, 0.3) is 22.4 Å². The molecule has 1 fully saturated rings. The van der Waals surface area contributed by atoms with Crippen molar-refractivity contribution >= 4 is 34.4 Å². The molecule has 9 heteroatoms. The second-order valence-corrected chi connectivity index (χ2v) is 8.04. The molecule has 4 rings (SSSR count). The fraction of sp³-hybridized carbons (Fsp3) is 0.429. The maximum absolute atomic E-state index is 14.5. The van der Waals surface area contributed by atoms with Crippen LogP contribution in [0.15, 0.2) is 24.7 Å². The van der Waals surface area contributed by atoms with Crippen molar-refractivity contribution in [1.29, 1.82) is 0 Å². The third-order valence-electron chi connectivity index (χ3n) is 5.39. The van der Waals surface area contributed by atoms with Gasteiger partial charge in [0, 0.05) is 41.8 Å². The van der Waals surface area contributed by atoms with Gasteiger partial charge < -0.3 is 15.6 Å². The molecular weight excluding hydrogens is 407 g/mol. The van der Waals surface area contributed by atoms with Crippen molar-refractivity contribution in [2.75, 3.05) is 5.32 Å². The minimum absolute atomic E-state index is 0.0308. The molecule has 0 aliphatic heterocycles. The number of H-pyrrole nitrogens is 1. The number of anilines is 1. The van der Waals surface area contributed by atoms with Gasteiger partial charge in [0.2, 0.25) is 5.91 Å². The van der Waals surface area contributed by atoms with Crippen LogP contribution in [0.3, 0.4) is 0 Å². The van der Waals surface area contributed by atoms with Crippen LogP contribution in [0.5, 0.6) is 0 Å². The van der Waals surface area contributed by atoms with Crippen LogP contribution in [-0.4, -0.2) is 37.9 Å². The number of hydrogen-bond acceptors (Lipinski definition) is 5. The first-order valence-electron chi connectivity index (χ1n) is 10.3. The lowest BCUT2D eigenvalue weighted by Gasteiger charge is -2.33. The van der Waals surface area contributed by atoms with Crippen LogP contribution in [0, 0.1) is 5.82 Å². The lowest BCUT2D eigenvalue weighted by molar-refractivity contribution is -0.122. The Morgan fingerprint density at radius 1 is 1.27 bits per heavy atom. The molecule has 1 amide bonds. The predicted octanol–water partition coefficient (Wildman–Crippen LogP) is 4.45. The number of aromatic amines is 1. The number of nitrogens with zero attached hydrogens (tertiary/aromatic N) is 3. The van der Waals surface area contributed by atoms with E-state index in [1.54, 1.807) is 18.5 Å². The fourth-order valence-electron chi connectivity index (χ4n) is 3.92. The van der Waals surface area contributed by atoms with Crippen molar-refractivity contribution < 1.29 is 9.18 Å². The molecule has 3 heterocycles. The van der Waals surface area contributed by atoms with Crippen LogP contribution >= 0.6 is 11.6 Å². The standard InChI is InChI=1S/C21H24ClFN6O/c1-2-5-18(30)27-16-6-3-4-7-17(16)28-21-15(23)11-26-20(29-21)14-10-25-19-13(14)8-12(22)9-24-19/h8-11,16-17H,2-7H2,1H3,(H,24,25)(H,27,30)(H,26,28,29). The molecule has 0 aromatic carbocycles. The fourth-order valence-corrected chi connectivity index (χ4v) is 4.08. The zero-order chi connectivity index (χ0) is 21.1. The molecule has 0 bridgehead atoms. The quantitative estimate of drug-likeness (QED) is 0.537. The number of carbonyl (C=O) groups is 1. The van der Waals surface area contributed by atoms with Crippen molar-refractivity contribution in [1.82, 2.24) is 25.3 Å². The Morgan fingerprint density at radius 3 is 2.87 bits per heavy atom. The molecule has 0 spiro atoms. The molecule has 2 atom stereocenters. The lowest BCUT2D eigenvalue weighted by Crippen LogP contribution is -2.48. The van der Waals surface area contributed by atoms with E-state index in [1.165, 1.54) is 0 Å². The zero-order valence-corrected chi connectivity index (χ0v) is 17.5. The first kappa shape index (κ1) is 20.5. The van der Waals surface area contributed by atoms with Gasteiger partial charge in [0.15, 0.2) is 17.5 Å². The minimum Gasteiger partial charge on any atom is -0.363 e. The van der Waals surface area contributed by atoms with Crippen molar-refractivity contribution in [3.05, 3.63) is 35.5 Å². The third kappa shape index (κ3) is 4.38. The van der Waals surface area contributed by atoms with Crippen molar-refractivity contribution in [2.24, 2.45) is 0 Å². The molecule has 3 aromatic heterocycles. The molecule has 0 radical (unpaired) electrons. The summed E-state index contributed by atoms with van der Waals surface area (Å²) in [4.78, 5) is 28.0. The molecule has 3 aromatic rings. The first-order valence-corrected chi connectivity index (χ1v) is 10.6. The van der Waals surface area contributed by atoms with E-state index in [1.807, 2.05) is 6.92 Å². The summed E-state index contributed by atoms with van der Waals surface area (Å²) >= 11 is 6.08. The summed E-state index contributed by atoms with van der Waals surface area (Å²) in [5.41, 5.74) is 1.35. The molecule has 1 aliphatic rings. The van der Waals surface area contributed by atoms with Crippen LogP contribution < -0.4 is 10.6 Å². The van der Waals surface area contributed by atoms with E-state index >= 15 is 0 Å². The van der Waals surface area contributed by atoms with Gasteiger partial charge in [-0.3, -0.25) is 4.79 Å².